The van der Waals surface area contributed by atoms with Crippen molar-refractivity contribution >= 4 is 175 Å². The van der Waals surface area contributed by atoms with Gasteiger partial charge in [0.15, 0.2) is 31.5 Å². The van der Waals surface area contributed by atoms with Crippen LogP contribution in [0.3, 0.4) is 0 Å². The predicted molar refractivity (Wildman–Crippen MR) is 591 cm³/mol. The van der Waals surface area contributed by atoms with E-state index in [1.165, 1.54) is 47.0 Å². The van der Waals surface area contributed by atoms with Crippen LogP contribution in [0.1, 0.15) is 243 Å². The number of hydrogen-bond donors (Lipinski definition) is 5. The molecule has 10 aromatic rings. The van der Waals surface area contributed by atoms with E-state index in [-0.39, 0.29) is 48.5 Å². The Morgan fingerprint density at radius 3 is 1.03 bits per heavy atom. The van der Waals surface area contributed by atoms with Crippen LogP contribution in [0.5, 0.6) is 5.75 Å². The Labute approximate surface area is 920 Å². The molecule has 146 heavy (non-hydrogen) atoms. The number of nitriles is 4. The van der Waals surface area contributed by atoms with Crippen molar-refractivity contribution < 1.29 is 106 Å². The van der Waals surface area contributed by atoms with Gasteiger partial charge in [-0.05, 0) is 265 Å². The second kappa shape index (κ2) is 70.3. The second-order valence-electron chi connectivity index (χ2n) is 32.1. The third-order valence-corrected chi connectivity index (χ3v) is 23.0. The van der Waals surface area contributed by atoms with Gasteiger partial charge >= 0.3 is 42.7 Å². The zero-order valence-corrected chi connectivity index (χ0v) is 95.0. The number of hydrogen-bond acceptors (Lipinski definition) is 25. The van der Waals surface area contributed by atoms with E-state index in [2.05, 4.69) is 245 Å². The summed E-state index contributed by atoms with van der Waals surface area (Å²) in [6.07, 6.45) is 1.64. The van der Waals surface area contributed by atoms with Crippen LogP contribution in [0.2, 0.25) is 0 Å². The van der Waals surface area contributed by atoms with Crippen LogP contribution in [0, 0.1) is 73.0 Å². The van der Waals surface area contributed by atoms with Crippen molar-refractivity contribution in [1.29, 1.82) is 21.0 Å². The van der Waals surface area contributed by atoms with Crippen molar-refractivity contribution in [2.75, 3.05) is 66.1 Å². The van der Waals surface area contributed by atoms with Crippen LogP contribution >= 0.6 is 124 Å². The number of carbonyl (C=O) groups excluding carboxylic acids is 4. The minimum atomic E-state index is -1.04. The number of nitrogens with zero attached hydrogens (tertiary/aromatic N) is 5. The van der Waals surface area contributed by atoms with Crippen LogP contribution in [0.15, 0.2) is 257 Å². The average Bonchev–Trinajstić information content (AvgIpc) is 1.85. The van der Waals surface area contributed by atoms with Gasteiger partial charge in [-0.3, -0.25) is 19.2 Å². The molecule has 5 aliphatic rings. The molecule has 5 fully saturated rings. The number of carboxylic acid groups (broad SMARTS) is 3. The van der Waals surface area contributed by atoms with E-state index in [1.807, 2.05) is 141 Å². The number of aromatic carboxylic acids is 3. The second-order valence-corrected chi connectivity index (χ2v) is 38.8. The quantitative estimate of drug-likeness (QED) is 0.0205. The van der Waals surface area contributed by atoms with Gasteiger partial charge in [0.25, 0.3) is 0 Å². The summed E-state index contributed by atoms with van der Waals surface area (Å²) in [6, 6.07) is 62.7. The zero-order valence-electron chi connectivity index (χ0n) is 83.0. The molecule has 5 aliphatic heterocycles. The molecule has 0 atom stereocenters. The zero-order chi connectivity index (χ0) is 110. The van der Waals surface area contributed by atoms with Gasteiger partial charge in [0.2, 0.25) is 0 Å². The van der Waals surface area contributed by atoms with Crippen molar-refractivity contribution in [3.8, 4) is 30.0 Å². The molecule has 36 heteroatoms. The number of rotatable bonds is 20. The Kier molecular flexibility index (Phi) is 63.3. The molecule has 0 saturated carbocycles. The van der Waals surface area contributed by atoms with Crippen molar-refractivity contribution in [1.82, 2.24) is 0 Å². The monoisotopic (exact) mass is 2460 g/mol. The fourth-order valence-electron chi connectivity index (χ4n) is 13.1. The molecule has 10 aromatic carbocycles. The van der Waals surface area contributed by atoms with Crippen molar-refractivity contribution in [3.05, 3.63) is 375 Å². The normalized spacial score (nSPS) is 13.2. The van der Waals surface area contributed by atoms with Crippen LogP contribution in [0.4, 0.5) is 0 Å². The Morgan fingerprint density at radius 2 is 0.671 bits per heavy atom. The van der Waals surface area contributed by atoms with Crippen molar-refractivity contribution in [2.24, 2.45) is 4.30 Å². The van der Waals surface area contributed by atoms with Crippen molar-refractivity contribution in [3.63, 3.8) is 0 Å². The Morgan fingerprint density at radius 1 is 0.390 bits per heavy atom. The van der Waals surface area contributed by atoms with Crippen molar-refractivity contribution in [2.45, 2.75) is 150 Å². The first-order valence-corrected chi connectivity index (χ1v) is 50.5. The summed E-state index contributed by atoms with van der Waals surface area (Å²) >= 11 is 26.7. The number of benzene rings is 10. The third kappa shape index (κ3) is 46.9. The first kappa shape index (κ1) is 131. The Bertz CT molecular complexity index is 5990. The predicted octanol–water partition coefficient (Wildman–Crippen LogP) is 27.5. The molecule has 0 bridgehead atoms. The number of aldehydes is 4. The topological polar surface area (TPSA) is 409 Å². The summed E-state index contributed by atoms with van der Waals surface area (Å²) in [5, 5.41) is 70.7. The average molecular weight is 2460 g/mol. The number of thiol groups is 1. The molecule has 0 spiro atoms. The summed E-state index contributed by atoms with van der Waals surface area (Å²) in [5.74, 6) is -2.06. The van der Waals surface area contributed by atoms with Gasteiger partial charge in [0, 0.05) is 81.4 Å². The third-order valence-electron chi connectivity index (χ3n) is 19.8. The summed E-state index contributed by atoms with van der Waals surface area (Å²) in [7, 11) is 4.34. The van der Waals surface area contributed by atoms with Gasteiger partial charge in [0.05, 0.1) is 136 Å². The number of aryl methyl sites for hydroxylation is 4. The van der Waals surface area contributed by atoms with E-state index >= 15 is 0 Å². The molecule has 773 valence electrons. The summed E-state index contributed by atoms with van der Waals surface area (Å²) in [4.78, 5) is 73.4. The molecule has 0 amide bonds. The molecular weight excluding hydrogens is 2350 g/mol. The van der Waals surface area contributed by atoms with E-state index in [9.17, 15) is 33.6 Å². The molecular formula is C110H118BBr7N5O22S. The van der Waals surface area contributed by atoms with E-state index in [1.54, 1.807) is 48.5 Å². The van der Waals surface area contributed by atoms with E-state index in [0.717, 1.165) is 107 Å². The van der Waals surface area contributed by atoms with Gasteiger partial charge in [-0.15, -0.1) is 39.5 Å². The minimum absolute atomic E-state index is 0.0269. The van der Waals surface area contributed by atoms with Crippen LogP contribution in [-0.4, -0.2) is 137 Å². The number of carbonyl (C=O) groups is 7. The number of carboxylic acids is 3. The molecule has 5 heterocycles. The van der Waals surface area contributed by atoms with Gasteiger partial charge < -0.3 is 72.5 Å². The van der Waals surface area contributed by atoms with Gasteiger partial charge in [-0.2, -0.15) is 21.0 Å². The summed E-state index contributed by atoms with van der Waals surface area (Å²) in [6.45, 7) is 48.0. The van der Waals surface area contributed by atoms with E-state index in [0.29, 0.717) is 123 Å². The van der Waals surface area contributed by atoms with E-state index < -0.39 is 40.4 Å². The SMILES string of the molecule is C=C.C=C.C=C.CC.CC(C)(C#N)c1cc(Br)cc(C2OCCO2)c1.CC(C)(C#N)c1cc(Br)cc(C=O)c1.Cc1cc(C)c(OCc2cc(Br)cc(C3OCCO3)c2)c(C)c1.Cc1cc(C=O)cc(C(C)(C)C#N)c1.N#CCc1cc(Br)cc(C2OCCO2)c1.O=C(O)c1cc(Br)cc(C2OCCO2)c1.O=Cc1cc(Br)cc(C(=O)O)c1.O=Cc1cccc(C(=O)O)c1.OCc1cc(Br)cc(C2OCCO2)c1.[B]=NS. The number of aliphatic hydroxyl groups excluding tert-OH is 1. The maximum atomic E-state index is 10.8. The van der Waals surface area contributed by atoms with Gasteiger partial charge in [-0.1, -0.05) is 167 Å². The van der Waals surface area contributed by atoms with Gasteiger partial charge in [-0.25, -0.2) is 14.4 Å². The van der Waals surface area contributed by atoms with E-state index in [4.69, 9.17) is 93.6 Å². The fraction of sp³-hybridized carbons (Fsp3) is 0.300. The molecule has 27 nitrogen and oxygen atoms in total. The summed E-state index contributed by atoms with van der Waals surface area (Å²) < 4.78 is 68.9. The molecule has 1 radical (unpaired) electrons. The molecule has 15 rings (SSSR count). The first-order chi connectivity index (χ1) is 69.6. The molecule has 4 N–H and O–H groups in total. The summed E-state index contributed by atoms with van der Waals surface area (Å²) in [5.41, 5.74) is 15.6. The first-order valence-electron chi connectivity index (χ1n) is 44.5. The fourth-order valence-corrected chi connectivity index (χ4v) is 16.8. The van der Waals surface area contributed by atoms with Crippen LogP contribution in [0.25, 0.3) is 0 Å². The standard InChI is InChI=1S/C19H21BrO3.C13H14BrNO2.C12H13NO.C11H10BrNO2.C11H10BrNO.C10H9BrO4.C10H11BrO3.C8H5BrO3.C8H6O3.C2H6.3C2H4.BHNS/c1-12-6-13(2)18(14(3)7-12)23-11-15-8-16(10-17(20)9-15)19-21-4-5-22-19;1-13(2,8-15)10-5-9(6-11(14)7-10)12-16-3-4-17-12;1-9-4-10(7-14)6-11(5-9)12(2,3)8-13;12-10-6-8(1-2-13)5-9(7-10)11-14-3-4-15-11;1-11(2,7-13)9-3-8(6-14)4-10(12)5-9;11-8-4-6(9(12)13)3-7(5-8)10-14-1-2-15-10;11-9-4-7(6-12)3-8(5-9)10-13-1-2-14-10;9-7-2-5(4-10)1-6(3-7)8(11)12;9-5-6-2-1-3-7(4-6)8(10)11;4*1-2;1-2-3/h6-10,19H,4-5,11H2,1-3H3;5-7,12H,3-4H2,1-2H3;4-7H,1-3H3;5-7,11H,1,3-4H2;3-6H,1-2H3;3-5,10H,1-2H2,(H,12,13);3-5,10,12H,1-2,6H2;1-4H,(H,11,12);1-5H,(H,10,11);1-2H3;3*1-2H2;3H. The Balaban J connectivity index is 0.000000552. The molecule has 0 aromatic heterocycles. The molecule has 0 aliphatic carbocycles. The molecule has 5 saturated heterocycles. The number of halogens is 7. The maximum absolute atomic E-state index is 10.8. The molecule has 0 unspecified atom stereocenters. The van der Waals surface area contributed by atoms with Crippen LogP contribution < -0.4 is 4.74 Å². The van der Waals surface area contributed by atoms with Gasteiger partial charge in [0.1, 0.15) is 37.5 Å². The number of aliphatic hydroxyl groups is 1. The number of ether oxygens (including phenoxy) is 11. The van der Waals surface area contributed by atoms with Crippen LogP contribution in [-0.2, 0) is 83.2 Å². The Hall–Kier alpha value is -10.6.